The third kappa shape index (κ3) is 6.27. The molecule has 10 heteroatoms. The first-order valence-corrected chi connectivity index (χ1v) is 10.0. The highest BCUT2D eigenvalue weighted by Gasteiger charge is 2.13. The average Bonchev–Trinajstić information content (AvgIpc) is 3.02. The lowest BCUT2D eigenvalue weighted by molar-refractivity contribution is -0.118. The molecule has 0 radical (unpaired) electrons. The van der Waals surface area contributed by atoms with Gasteiger partial charge in [0.25, 0.3) is 6.43 Å². The van der Waals surface area contributed by atoms with Crippen molar-refractivity contribution in [3.05, 3.63) is 57.9 Å². The predicted molar refractivity (Wildman–Crippen MR) is 111 cm³/mol. The molecule has 0 aliphatic rings. The van der Waals surface area contributed by atoms with Crippen molar-refractivity contribution in [3.8, 4) is 11.7 Å². The van der Waals surface area contributed by atoms with Crippen LogP contribution < -0.4 is 4.74 Å². The molecule has 0 N–H and O–H groups in total. The van der Waals surface area contributed by atoms with Gasteiger partial charge < -0.3 is 4.74 Å². The maximum Gasteiger partial charge on any atom is 0.272 e. The molecular weight excluding hydrogens is 428 g/mol. The number of halogens is 3. The molecule has 0 saturated heterocycles. The number of nitrogens with zero attached hydrogens (tertiary/aromatic N) is 5. The summed E-state index contributed by atoms with van der Waals surface area (Å²) >= 11 is 5.90. The van der Waals surface area contributed by atoms with Crippen molar-refractivity contribution in [2.75, 3.05) is 6.61 Å². The molecule has 3 aromatic heterocycles. The zero-order valence-electron chi connectivity index (χ0n) is 17.4. The van der Waals surface area contributed by atoms with Crippen LogP contribution >= 0.6 is 11.6 Å². The first kappa shape index (κ1) is 22.7. The molecule has 3 aromatic rings. The Hall–Kier alpha value is -2.94. The lowest BCUT2D eigenvalue weighted by atomic mass is 10.1. The van der Waals surface area contributed by atoms with Gasteiger partial charge in [-0.1, -0.05) is 11.6 Å². The molecule has 31 heavy (non-hydrogen) atoms. The number of hydrogen-bond acceptors (Lipinski definition) is 6. The Balaban J connectivity index is 1.61. The van der Waals surface area contributed by atoms with Gasteiger partial charge in [0.2, 0.25) is 5.88 Å². The van der Waals surface area contributed by atoms with E-state index in [0.29, 0.717) is 23.5 Å². The number of carbonyl (C=O) groups is 1. The van der Waals surface area contributed by atoms with E-state index < -0.39 is 13.0 Å². The van der Waals surface area contributed by atoms with Crippen LogP contribution in [0.2, 0.25) is 5.15 Å². The second kappa shape index (κ2) is 9.91. The van der Waals surface area contributed by atoms with E-state index in [1.54, 1.807) is 0 Å². The van der Waals surface area contributed by atoms with E-state index in [-0.39, 0.29) is 29.7 Å². The summed E-state index contributed by atoms with van der Waals surface area (Å²) in [5.74, 6) is 1.45. The fourth-order valence-corrected chi connectivity index (χ4v) is 3.38. The lowest BCUT2D eigenvalue weighted by Gasteiger charge is -2.09. The molecule has 0 atom stereocenters. The second-order valence-corrected chi connectivity index (χ2v) is 7.58. The molecule has 0 fully saturated rings. The van der Waals surface area contributed by atoms with E-state index in [4.69, 9.17) is 16.3 Å². The van der Waals surface area contributed by atoms with Gasteiger partial charge >= 0.3 is 0 Å². The summed E-state index contributed by atoms with van der Waals surface area (Å²) in [6.45, 7) is 4.96. The second-order valence-electron chi connectivity index (χ2n) is 7.20. The minimum Gasteiger partial charge on any atom is -0.472 e. The molecule has 0 spiro atoms. The fraction of sp³-hybridized carbons (Fsp3) is 0.381. The number of Topliss-reactive ketones (excluding diaryl/α,β-unsaturated/α-hetero) is 1. The Morgan fingerprint density at radius 1 is 1.16 bits per heavy atom. The summed E-state index contributed by atoms with van der Waals surface area (Å²) in [5.41, 5.74) is 3.09. The van der Waals surface area contributed by atoms with Crippen LogP contribution in [-0.2, 0) is 17.6 Å². The monoisotopic (exact) mass is 449 g/mol. The SMILES string of the molecule is Cc1cn(-c2nnc(CCC(=O)Cc3cc(Cl)nc(OCC(F)F)c3)cc2C)c(C)n1. The summed E-state index contributed by atoms with van der Waals surface area (Å²) in [7, 11) is 0. The summed E-state index contributed by atoms with van der Waals surface area (Å²) in [6.07, 6.45) is 0.0511. The number of aromatic nitrogens is 5. The van der Waals surface area contributed by atoms with Crippen LogP contribution in [0.4, 0.5) is 8.78 Å². The molecule has 7 nitrogen and oxygen atoms in total. The summed E-state index contributed by atoms with van der Waals surface area (Å²) in [4.78, 5) is 20.6. The Kier molecular flexibility index (Phi) is 7.27. The molecule has 0 unspecified atom stereocenters. The maximum absolute atomic E-state index is 12.4. The molecule has 0 aliphatic heterocycles. The topological polar surface area (TPSA) is 82.8 Å². The number of carbonyl (C=O) groups excluding carboxylic acids is 1. The van der Waals surface area contributed by atoms with Gasteiger partial charge in [-0.2, -0.15) is 5.10 Å². The molecular formula is C21H22ClF2N5O2. The highest BCUT2D eigenvalue weighted by atomic mass is 35.5. The molecule has 0 saturated carbocycles. The van der Waals surface area contributed by atoms with Crippen LogP contribution in [-0.4, -0.2) is 43.5 Å². The van der Waals surface area contributed by atoms with Gasteiger partial charge in [0.1, 0.15) is 16.8 Å². The van der Waals surface area contributed by atoms with Crippen molar-refractivity contribution in [2.45, 2.75) is 46.5 Å². The number of imidazole rings is 1. The van der Waals surface area contributed by atoms with E-state index in [1.807, 2.05) is 37.6 Å². The van der Waals surface area contributed by atoms with Crippen LogP contribution in [0.5, 0.6) is 5.88 Å². The van der Waals surface area contributed by atoms with E-state index in [1.165, 1.54) is 12.1 Å². The van der Waals surface area contributed by atoms with Gasteiger partial charge in [-0.05, 0) is 50.5 Å². The summed E-state index contributed by atoms with van der Waals surface area (Å²) in [5, 5.41) is 8.62. The predicted octanol–water partition coefficient (Wildman–Crippen LogP) is 4.02. The first-order valence-electron chi connectivity index (χ1n) is 9.66. The normalized spacial score (nSPS) is 11.2. The van der Waals surface area contributed by atoms with Crippen LogP contribution in [0, 0.1) is 20.8 Å². The third-order valence-corrected chi connectivity index (χ3v) is 4.68. The van der Waals surface area contributed by atoms with Crippen molar-refractivity contribution in [2.24, 2.45) is 0 Å². The molecule has 164 valence electrons. The number of pyridine rings is 1. The minimum atomic E-state index is -2.62. The minimum absolute atomic E-state index is 0.0299. The van der Waals surface area contributed by atoms with Crippen LogP contribution in [0.3, 0.4) is 0 Å². The van der Waals surface area contributed by atoms with Gasteiger partial charge in [-0.25, -0.2) is 18.7 Å². The maximum atomic E-state index is 12.4. The van der Waals surface area contributed by atoms with E-state index in [0.717, 1.165) is 17.1 Å². The van der Waals surface area contributed by atoms with E-state index >= 15 is 0 Å². The van der Waals surface area contributed by atoms with Crippen LogP contribution in [0.25, 0.3) is 5.82 Å². The Morgan fingerprint density at radius 2 is 1.94 bits per heavy atom. The zero-order valence-corrected chi connectivity index (χ0v) is 18.2. The van der Waals surface area contributed by atoms with Crippen molar-refractivity contribution in [1.29, 1.82) is 0 Å². The molecule has 0 amide bonds. The van der Waals surface area contributed by atoms with Crippen molar-refractivity contribution >= 4 is 17.4 Å². The van der Waals surface area contributed by atoms with Crippen molar-refractivity contribution in [1.82, 2.24) is 24.7 Å². The number of hydrogen-bond donors (Lipinski definition) is 0. The van der Waals surface area contributed by atoms with E-state index in [9.17, 15) is 13.6 Å². The number of ether oxygens (including phenoxy) is 1. The van der Waals surface area contributed by atoms with Gasteiger partial charge in [-0.15, -0.1) is 5.10 Å². The first-order chi connectivity index (χ1) is 14.7. The quantitative estimate of drug-likeness (QED) is 0.459. The van der Waals surface area contributed by atoms with Crippen molar-refractivity contribution < 1.29 is 18.3 Å². The number of aryl methyl sites for hydroxylation is 4. The third-order valence-electron chi connectivity index (χ3n) is 4.49. The highest BCUT2D eigenvalue weighted by Crippen LogP contribution is 2.19. The molecule has 0 bridgehead atoms. The zero-order chi connectivity index (χ0) is 22.5. The Labute approximate surface area is 183 Å². The number of rotatable bonds is 9. The molecule has 3 heterocycles. The van der Waals surface area contributed by atoms with Gasteiger partial charge in [0.05, 0.1) is 11.4 Å². The number of alkyl halides is 2. The standard InChI is InChI=1S/C21H22ClF2N5O2/c1-12-6-16(27-28-21(12)29-10-13(2)25-14(29)3)4-5-17(30)7-15-8-18(22)26-20(9-15)31-11-19(23)24/h6,8-10,19H,4-5,7,11H2,1-3H3. The van der Waals surface area contributed by atoms with Crippen LogP contribution in [0.15, 0.2) is 24.4 Å². The average molecular weight is 450 g/mol. The molecule has 0 aliphatic carbocycles. The van der Waals surface area contributed by atoms with Gasteiger partial charge in [0, 0.05) is 25.1 Å². The highest BCUT2D eigenvalue weighted by molar-refractivity contribution is 6.29. The summed E-state index contributed by atoms with van der Waals surface area (Å²) < 4.78 is 31.4. The largest absolute Gasteiger partial charge is 0.472 e. The Bertz CT molecular complexity index is 1090. The number of ketones is 1. The Morgan fingerprint density at radius 3 is 2.58 bits per heavy atom. The van der Waals surface area contributed by atoms with Crippen LogP contribution in [0.1, 0.15) is 34.8 Å². The smallest absolute Gasteiger partial charge is 0.272 e. The molecule has 0 aromatic carbocycles. The van der Waals surface area contributed by atoms with E-state index in [2.05, 4.69) is 20.2 Å². The molecule has 3 rings (SSSR count). The fourth-order valence-electron chi connectivity index (χ4n) is 3.16. The van der Waals surface area contributed by atoms with Gasteiger partial charge in [-0.3, -0.25) is 9.36 Å². The summed E-state index contributed by atoms with van der Waals surface area (Å²) in [6, 6.07) is 4.87. The van der Waals surface area contributed by atoms with Gasteiger partial charge in [0.15, 0.2) is 12.4 Å². The van der Waals surface area contributed by atoms with Crippen molar-refractivity contribution in [3.63, 3.8) is 0 Å². The lowest BCUT2D eigenvalue weighted by Crippen LogP contribution is -2.10.